The first-order valence-electron chi connectivity index (χ1n) is 13.1. The average molecular weight is 617 g/mol. The molecule has 0 bridgehead atoms. The normalized spacial score (nSPS) is 11.7. The number of nitrogens with zero attached hydrogens (tertiary/aromatic N) is 4. The van der Waals surface area contributed by atoms with Gasteiger partial charge in [-0.2, -0.15) is 9.78 Å². The van der Waals surface area contributed by atoms with Gasteiger partial charge in [0.2, 0.25) is 5.82 Å². The molecule has 1 N–H and O–H groups in total. The Hall–Kier alpha value is -5.28. The lowest BCUT2D eigenvalue weighted by Gasteiger charge is -2.07. The van der Waals surface area contributed by atoms with Crippen molar-refractivity contribution in [3.8, 4) is 11.6 Å². The number of fused-ring (bicyclic) bond motifs is 3. The van der Waals surface area contributed by atoms with Gasteiger partial charge < -0.3 is 14.1 Å². The average Bonchev–Trinajstić information content (AvgIpc) is 3.58. The zero-order valence-electron chi connectivity index (χ0n) is 21.9. The van der Waals surface area contributed by atoms with Gasteiger partial charge in [-0.15, -0.1) is 0 Å². The van der Waals surface area contributed by atoms with Gasteiger partial charge in [0.25, 0.3) is 5.56 Å². The van der Waals surface area contributed by atoms with Gasteiger partial charge >= 0.3 is 5.97 Å². The largest absolute Gasteiger partial charge is 0.478 e. The van der Waals surface area contributed by atoms with Crippen LogP contribution in [0.15, 0.2) is 122 Å². The van der Waals surface area contributed by atoms with E-state index in [4.69, 9.17) is 9.40 Å². The lowest BCUT2D eigenvalue weighted by Crippen LogP contribution is -2.20. The smallest absolute Gasteiger partial charge is 0.335 e. The number of aromatic nitrogens is 3. The van der Waals surface area contributed by atoms with Crippen LogP contribution in [0, 0.1) is 0 Å². The van der Waals surface area contributed by atoms with E-state index < -0.39 is 5.97 Å². The van der Waals surface area contributed by atoms with Crippen LogP contribution in [0.3, 0.4) is 0 Å². The number of hydrogen-bond donors (Lipinski definition) is 1. The number of carbonyl (C=O) groups is 1. The highest BCUT2D eigenvalue weighted by atomic mass is 79.9. The summed E-state index contributed by atoms with van der Waals surface area (Å²) in [6.07, 6.45) is 3.59. The third-order valence-electron chi connectivity index (χ3n) is 7.11. The van der Waals surface area contributed by atoms with Gasteiger partial charge in [-0.05, 0) is 60.2 Å². The molecule has 0 spiro atoms. The Labute approximate surface area is 246 Å². The molecule has 0 unspecified atom stereocenters. The Morgan fingerprint density at radius 3 is 2.62 bits per heavy atom. The Kier molecular flexibility index (Phi) is 6.28. The van der Waals surface area contributed by atoms with Crippen molar-refractivity contribution in [3.63, 3.8) is 0 Å². The second-order valence-corrected chi connectivity index (χ2v) is 10.8. The summed E-state index contributed by atoms with van der Waals surface area (Å²) in [6.45, 7) is 0.465. The van der Waals surface area contributed by atoms with Crippen LogP contribution in [-0.2, 0) is 6.54 Å². The second kappa shape index (κ2) is 10.3. The third-order valence-corrected chi connectivity index (χ3v) is 7.60. The van der Waals surface area contributed by atoms with E-state index in [1.54, 1.807) is 42.6 Å². The molecule has 0 fully saturated rings. The fourth-order valence-electron chi connectivity index (χ4n) is 5.14. The van der Waals surface area contributed by atoms with Gasteiger partial charge in [0.15, 0.2) is 5.76 Å². The minimum absolute atomic E-state index is 0.236. The maximum absolute atomic E-state index is 13.7. The van der Waals surface area contributed by atoms with E-state index in [0.29, 0.717) is 28.8 Å². The van der Waals surface area contributed by atoms with Crippen LogP contribution in [0.25, 0.3) is 44.4 Å². The van der Waals surface area contributed by atoms with Crippen molar-refractivity contribution < 1.29 is 14.3 Å². The lowest BCUT2D eigenvalue weighted by atomic mass is 10.1. The molecule has 0 saturated heterocycles. The molecule has 7 rings (SSSR count). The Bertz CT molecular complexity index is 2260. The zero-order valence-corrected chi connectivity index (χ0v) is 23.5. The van der Waals surface area contributed by atoms with Crippen molar-refractivity contribution in [1.82, 2.24) is 14.2 Å². The highest BCUT2D eigenvalue weighted by molar-refractivity contribution is 9.10. The van der Waals surface area contributed by atoms with Crippen molar-refractivity contribution in [1.29, 1.82) is 0 Å². The molecular formula is C33H21BrN4O4. The van der Waals surface area contributed by atoms with Crippen molar-refractivity contribution in [2.24, 2.45) is 5.10 Å². The number of hydrogen-bond acceptors (Lipinski definition) is 5. The number of rotatable bonds is 6. The Morgan fingerprint density at radius 1 is 0.952 bits per heavy atom. The molecule has 8 nitrogen and oxygen atoms in total. The molecule has 9 heteroatoms. The summed E-state index contributed by atoms with van der Waals surface area (Å²) >= 11 is 3.50. The fourth-order valence-corrected chi connectivity index (χ4v) is 5.52. The first-order valence-corrected chi connectivity index (χ1v) is 13.9. The van der Waals surface area contributed by atoms with Crippen LogP contribution in [0.2, 0.25) is 0 Å². The number of aromatic carboxylic acids is 1. The number of halogens is 1. The van der Waals surface area contributed by atoms with E-state index in [-0.39, 0.29) is 16.9 Å². The van der Waals surface area contributed by atoms with E-state index in [1.165, 1.54) is 4.68 Å². The maximum atomic E-state index is 13.7. The van der Waals surface area contributed by atoms with Crippen molar-refractivity contribution in [2.75, 3.05) is 0 Å². The van der Waals surface area contributed by atoms with E-state index in [0.717, 1.165) is 31.9 Å². The van der Waals surface area contributed by atoms with Crippen LogP contribution >= 0.6 is 15.9 Å². The number of furan rings is 1. The van der Waals surface area contributed by atoms with Crippen LogP contribution in [-0.4, -0.2) is 31.5 Å². The Balaban J connectivity index is 1.36. The van der Waals surface area contributed by atoms with E-state index in [9.17, 15) is 14.7 Å². The molecular weight excluding hydrogens is 596 g/mol. The standard InChI is InChI=1S/C33H21BrN4O4/c34-24-12-13-29-22(15-24)16-30(42-29)31-36-27-10-3-1-9-26(27)32(39)38(31)35-17-23-19-37(28-11-4-2-8-25(23)28)18-20-6-5-7-21(14-20)33(40)41/h1-17,19H,18H2,(H,40,41). The van der Waals surface area contributed by atoms with Gasteiger partial charge in [-0.3, -0.25) is 4.79 Å². The summed E-state index contributed by atoms with van der Waals surface area (Å²) in [5.74, 6) is -0.260. The molecule has 42 heavy (non-hydrogen) atoms. The fraction of sp³-hybridized carbons (Fsp3) is 0.0303. The van der Waals surface area contributed by atoms with E-state index in [1.807, 2.05) is 71.4 Å². The molecule has 0 aliphatic rings. The molecule has 3 heterocycles. The molecule has 3 aromatic heterocycles. The number of carboxylic acids is 1. The topological polar surface area (TPSA) is 103 Å². The van der Waals surface area contributed by atoms with Gasteiger partial charge in [0.05, 0.1) is 22.7 Å². The predicted molar refractivity (Wildman–Crippen MR) is 166 cm³/mol. The van der Waals surface area contributed by atoms with Gasteiger partial charge in [-0.25, -0.2) is 9.78 Å². The first-order chi connectivity index (χ1) is 20.4. The zero-order chi connectivity index (χ0) is 28.8. The highest BCUT2D eigenvalue weighted by Gasteiger charge is 2.17. The molecule has 7 aromatic rings. The molecule has 0 saturated carbocycles. The maximum Gasteiger partial charge on any atom is 0.335 e. The second-order valence-electron chi connectivity index (χ2n) is 9.84. The van der Waals surface area contributed by atoms with Crippen molar-refractivity contribution in [2.45, 2.75) is 6.54 Å². The van der Waals surface area contributed by atoms with Crippen LogP contribution < -0.4 is 5.56 Å². The molecule has 0 radical (unpaired) electrons. The minimum atomic E-state index is -0.968. The monoisotopic (exact) mass is 616 g/mol. The van der Waals surface area contributed by atoms with Crippen LogP contribution in [0.1, 0.15) is 21.5 Å². The number of para-hydroxylation sites is 2. The van der Waals surface area contributed by atoms with E-state index in [2.05, 4.69) is 21.0 Å². The van der Waals surface area contributed by atoms with Crippen molar-refractivity contribution >= 4 is 60.9 Å². The molecule has 0 aliphatic carbocycles. The molecule has 0 aliphatic heterocycles. The summed E-state index contributed by atoms with van der Waals surface area (Å²) in [5.41, 5.74) is 3.73. The highest BCUT2D eigenvalue weighted by Crippen LogP contribution is 2.29. The van der Waals surface area contributed by atoms with Crippen molar-refractivity contribution in [3.05, 3.63) is 135 Å². The number of carboxylic acid groups (broad SMARTS) is 1. The lowest BCUT2D eigenvalue weighted by molar-refractivity contribution is 0.0696. The first kappa shape index (κ1) is 25.7. The summed E-state index contributed by atoms with van der Waals surface area (Å²) in [6, 6.07) is 29.4. The Morgan fingerprint density at radius 2 is 1.76 bits per heavy atom. The van der Waals surface area contributed by atoms with Gasteiger partial charge in [0.1, 0.15) is 5.58 Å². The molecule has 204 valence electrons. The molecule has 0 amide bonds. The van der Waals surface area contributed by atoms with Crippen LogP contribution in [0.4, 0.5) is 0 Å². The number of benzene rings is 4. The summed E-state index contributed by atoms with van der Waals surface area (Å²) < 4.78 is 10.3. The minimum Gasteiger partial charge on any atom is -0.478 e. The predicted octanol–water partition coefficient (Wildman–Crippen LogP) is 7.16. The van der Waals surface area contributed by atoms with Gasteiger partial charge in [-0.1, -0.05) is 58.4 Å². The summed E-state index contributed by atoms with van der Waals surface area (Å²) in [5, 5.41) is 16.3. The summed E-state index contributed by atoms with van der Waals surface area (Å²) in [4.78, 5) is 30.0. The van der Waals surface area contributed by atoms with Gasteiger partial charge in [0, 0.05) is 39.1 Å². The van der Waals surface area contributed by atoms with Crippen LogP contribution in [0.5, 0.6) is 0 Å². The molecule has 4 aromatic carbocycles. The molecule has 0 atom stereocenters. The SMILES string of the molecule is O=C(O)c1cccc(Cn2cc(C=Nn3c(-c4cc5cc(Br)ccc5o4)nc4ccccc4c3=O)c3ccccc32)c1. The van der Waals surface area contributed by atoms with E-state index >= 15 is 0 Å². The quantitative estimate of drug-likeness (QED) is 0.200. The third kappa shape index (κ3) is 4.59. The summed E-state index contributed by atoms with van der Waals surface area (Å²) in [7, 11) is 0.